The van der Waals surface area contributed by atoms with Gasteiger partial charge in [-0.25, -0.2) is 9.97 Å². The lowest BCUT2D eigenvalue weighted by atomic mass is 10.1. The third kappa shape index (κ3) is 3.38. The largest absolute Gasteiger partial charge is 0.416 e. The molecule has 2 aromatic rings. The SMILES string of the molecule is CN(C)c1ccnc(N2CCC3CN(c4cc(C(F)(F)F)ccn4)CC32)n1. The standard InChI is InChI=1S/C18H21F3N6/c1-25(2)15-4-7-23-17(24-15)27-8-5-12-10-26(11-14(12)27)16-9-13(3-6-22-16)18(19,20)21/h3-4,6-7,9,12,14H,5,8,10-11H2,1-2H3. The highest BCUT2D eigenvalue weighted by Crippen LogP contribution is 2.37. The lowest BCUT2D eigenvalue weighted by Crippen LogP contribution is -2.36. The first-order chi connectivity index (χ1) is 12.8. The first kappa shape index (κ1) is 17.8. The average molecular weight is 378 g/mol. The number of halogens is 3. The molecule has 2 aliphatic heterocycles. The molecule has 0 bridgehead atoms. The van der Waals surface area contributed by atoms with E-state index in [1.54, 1.807) is 6.20 Å². The van der Waals surface area contributed by atoms with Gasteiger partial charge in [0, 0.05) is 52.0 Å². The normalized spacial score (nSPS) is 22.3. The molecule has 0 amide bonds. The molecule has 2 atom stereocenters. The molecule has 4 heterocycles. The van der Waals surface area contributed by atoms with Gasteiger partial charge < -0.3 is 14.7 Å². The second-order valence-corrected chi connectivity index (χ2v) is 7.22. The van der Waals surface area contributed by atoms with E-state index < -0.39 is 11.7 Å². The summed E-state index contributed by atoms with van der Waals surface area (Å²) in [7, 11) is 3.85. The number of anilines is 3. The van der Waals surface area contributed by atoms with Gasteiger partial charge in [0.05, 0.1) is 11.6 Å². The zero-order valence-electron chi connectivity index (χ0n) is 15.2. The van der Waals surface area contributed by atoms with Gasteiger partial charge in [-0.1, -0.05) is 0 Å². The minimum absolute atomic E-state index is 0.179. The van der Waals surface area contributed by atoms with Crippen LogP contribution in [0.5, 0.6) is 0 Å². The van der Waals surface area contributed by atoms with Gasteiger partial charge in [0.25, 0.3) is 0 Å². The van der Waals surface area contributed by atoms with Crippen LogP contribution in [0.2, 0.25) is 0 Å². The second kappa shape index (κ2) is 6.54. The van der Waals surface area contributed by atoms with Crippen LogP contribution in [0.15, 0.2) is 30.6 Å². The molecular weight excluding hydrogens is 357 g/mol. The Morgan fingerprint density at radius 2 is 1.89 bits per heavy atom. The van der Waals surface area contributed by atoms with Crippen LogP contribution in [0.1, 0.15) is 12.0 Å². The van der Waals surface area contributed by atoms with Crippen molar-refractivity contribution >= 4 is 17.6 Å². The number of pyridine rings is 1. The molecule has 6 nitrogen and oxygen atoms in total. The fraction of sp³-hybridized carbons (Fsp3) is 0.500. The molecule has 0 saturated carbocycles. The smallest absolute Gasteiger partial charge is 0.363 e. The lowest BCUT2D eigenvalue weighted by Gasteiger charge is -2.26. The molecule has 2 fully saturated rings. The highest BCUT2D eigenvalue weighted by atomic mass is 19.4. The van der Waals surface area contributed by atoms with Crippen LogP contribution < -0.4 is 14.7 Å². The third-order valence-corrected chi connectivity index (χ3v) is 5.29. The molecule has 9 heteroatoms. The zero-order chi connectivity index (χ0) is 19.2. The minimum atomic E-state index is -4.36. The number of hydrogen-bond acceptors (Lipinski definition) is 6. The Bertz CT molecular complexity index is 825. The van der Waals surface area contributed by atoms with Crippen molar-refractivity contribution in [2.45, 2.75) is 18.6 Å². The van der Waals surface area contributed by atoms with Gasteiger partial charge in [-0.05, 0) is 24.6 Å². The number of hydrogen-bond donors (Lipinski definition) is 0. The second-order valence-electron chi connectivity index (χ2n) is 7.22. The van der Waals surface area contributed by atoms with E-state index in [1.807, 2.05) is 30.0 Å². The van der Waals surface area contributed by atoms with Crippen molar-refractivity contribution in [3.63, 3.8) is 0 Å². The van der Waals surface area contributed by atoms with Crippen LogP contribution in [0.4, 0.5) is 30.8 Å². The van der Waals surface area contributed by atoms with Crippen LogP contribution in [-0.2, 0) is 6.18 Å². The van der Waals surface area contributed by atoms with E-state index in [0.717, 1.165) is 30.9 Å². The Morgan fingerprint density at radius 1 is 1.11 bits per heavy atom. The molecule has 0 N–H and O–H groups in total. The van der Waals surface area contributed by atoms with Crippen molar-refractivity contribution in [3.05, 3.63) is 36.2 Å². The van der Waals surface area contributed by atoms with Gasteiger partial charge in [0.15, 0.2) is 0 Å². The predicted octanol–water partition coefficient (Wildman–Crippen LogP) is 2.67. The fourth-order valence-corrected chi connectivity index (χ4v) is 3.89. The van der Waals surface area contributed by atoms with Crippen molar-refractivity contribution in [2.24, 2.45) is 5.92 Å². The first-order valence-corrected chi connectivity index (χ1v) is 8.88. The Hall–Kier alpha value is -2.58. The average Bonchev–Trinajstić information content (AvgIpc) is 3.22. The number of nitrogens with zero attached hydrogens (tertiary/aromatic N) is 6. The summed E-state index contributed by atoms with van der Waals surface area (Å²) in [5.41, 5.74) is -0.663. The van der Waals surface area contributed by atoms with Crippen LogP contribution >= 0.6 is 0 Å². The van der Waals surface area contributed by atoms with E-state index in [0.29, 0.717) is 30.8 Å². The van der Waals surface area contributed by atoms with Gasteiger partial charge in [-0.3, -0.25) is 0 Å². The highest BCUT2D eigenvalue weighted by Gasteiger charge is 2.43. The molecule has 27 heavy (non-hydrogen) atoms. The zero-order valence-corrected chi connectivity index (χ0v) is 15.2. The third-order valence-electron chi connectivity index (χ3n) is 5.29. The van der Waals surface area contributed by atoms with Crippen molar-refractivity contribution in [3.8, 4) is 0 Å². The molecule has 2 aromatic heterocycles. The summed E-state index contributed by atoms with van der Waals surface area (Å²) in [4.78, 5) is 19.2. The maximum absolute atomic E-state index is 13.0. The number of aromatic nitrogens is 3. The van der Waals surface area contributed by atoms with E-state index in [1.165, 1.54) is 6.20 Å². The summed E-state index contributed by atoms with van der Waals surface area (Å²) < 4.78 is 39.0. The fourth-order valence-electron chi connectivity index (χ4n) is 3.89. The quantitative estimate of drug-likeness (QED) is 0.819. The summed E-state index contributed by atoms with van der Waals surface area (Å²) in [6.45, 7) is 2.17. The Labute approximate surface area is 155 Å². The van der Waals surface area contributed by atoms with Crippen LogP contribution in [-0.4, -0.2) is 54.7 Å². The van der Waals surface area contributed by atoms with Crippen LogP contribution in [0.25, 0.3) is 0 Å². The van der Waals surface area contributed by atoms with E-state index in [-0.39, 0.29) is 6.04 Å². The minimum Gasteiger partial charge on any atom is -0.363 e. The summed E-state index contributed by atoms with van der Waals surface area (Å²) in [5.74, 6) is 2.25. The van der Waals surface area contributed by atoms with E-state index in [2.05, 4.69) is 19.9 Å². The first-order valence-electron chi connectivity index (χ1n) is 8.88. The summed E-state index contributed by atoms with van der Waals surface area (Å²) >= 11 is 0. The topological polar surface area (TPSA) is 48.4 Å². The van der Waals surface area contributed by atoms with Crippen LogP contribution in [0, 0.1) is 5.92 Å². The van der Waals surface area contributed by atoms with Crippen molar-refractivity contribution in [2.75, 3.05) is 48.4 Å². The van der Waals surface area contributed by atoms with Gasteiger partial charge in [-0.15, -0.1) is 0 Å². The Balaban J connectivity index is 1.55. The number of fused-ring (bicyclic) bond motifs is 1. The van der Waals surface area contributed by atoms with Gasteiger partial charge in [0.1, 0.15) is 11.6 Å². The van der Waals surface area contributed by atoms with Crippen molar-refractivity contribution < 1.29 is 13.2 Å². The number of alkyl halides is 3. The molecular formula is C18H21F3N6. The van der Waals surface area contributed by atoms with E-state index in [4.69, 9.17) is 0 Å². The predicted molar refractivity (Wildman–Crippen MR) is 97.1 cm³/mol. The Kier molecular flexibility index (Phi) is 4.32. The van der Waals surface area contributed by atoms with Gasteiger partial charge in [-0.2, -0.15) is 18.2 Å². The van der Waals surface area contributed by atoms with Gasteiger partial charge in [0.2, 0.25) is 5.95 Å². The lowest BCUT2D eigenvalue weighted by molar-refractivity contribution is -0.137. The monoisotopic (exact) mass is 378 g/mol. The molecule has 144 valence electrons. The van der Waals surface area contributed by atoms with Gasteiger partial charge >= 0.3 is 6.18 Å². The molecule has 0 spiro atoms. The summed E-state index contributed by atoms with van der Waals surface area (Å²) in [6, 6.07) is 4.17. The Morgan fingerprint density at radius 3 is 2.63 bits per heavy atom. The highest BCUT2D eigenvalue weighted by molar-refractivity contribution is 5.49. The summed E-state index contributed by atoms with van der Waals surface area (Å²) in [5, 5.41) is 0. The number of rotatable bonds is 3. The summed E-state index contributed by atoms with van der Waals surface area (Å²) in [6.07, 6.45) is -0.421. The van der Waals surface area contributed by atoms with E-state index >= 15 is 0 Å². The molecule has 0 radical (unpaired) electrons. The van der Waals surface area contributed by atoms with Crippen LogP contribution in [0.3, 0.4) is 0 Å². The van der Waals surface area contributed by atoms with Crippen molar-refractivity contribution in [1.82, 2.24) is 15.0 Å². The van der Waals surface area contributed by atoms with Crippen molar-refractivity contribution in [1.29, 1.82) is 0 Å². The molecule has 4 rings (SSSR count). The maximum atomic E-state index is 13.0. The van der Waals surface area contributed by atoms with E-state index in [9.17, 15) is 13.2 Å². The molecule has 2 saturated heterocycles. The molecule has 0 aromatic carbocycles. The maximum Gasteiger partial charge on any atom is 0.416 e. The molecule has 2 aliphatic rings. The molecule has 0 aliphatic carbocycles. The molecule has 2 unspecified atom stereocenters.